The number of Topliss-reactive ketones (excluding diaryl/α,β-unsaturated/α-hetero) is 1. The van der Waals surface area contributed by atoms with Crippen molar-refractivity contribution in [3.63, 3.8) is 0 Å². The molecule has 0 radical (unpaired) electrons. The number of unbranched alkanes of at least 4 members (excludes halogenated alkanes) is 1. The Labute approximate surface area is 93.8 Å². The number of amides is 1. The summed E-state index contributed by atoms with van der Waals surface area (Å²) in [6.07, 6.45) is 2.85. The Morgan fingerprint density at radius 2 is 2.00 bits per heavy atom. The molecule has 4 heteroatoms. The van der Waals surface area contributed by atoms with E-state index >= 15 is 0 Å². The van der Waals surface area contributed by atoms with Crippen LogP contribution in [0.1, 0.15) is 33.1 Å². The standard InChI is InChI=1S/C10H18BrNO2/c1-8(9(2)13)5-3-4-6-12-10(14)7-11/h8H,3-7H2,1-2H3,(H,12,14)/t8-/m0/s1. The molecule has 82 valence electrons. The summed E-state index contributed by atoms with van der Waals surface area (Å²) in [5.74, 6) is 0.418. The van der Waals surface area contributed by atoms with E-state index in [9.17, 15) is 9.59 Å². The van der Waals surface area contributed by atoms with Gasteiger partial charge in [0.05, 0.1) is 5.33 Å². The molecule has 1 amide bonds. The van der Waals surface area contributed by atoms with Gasteiger partial charge in [-0.1, -0.05) is 29.3 Å². The minimum absolute atomic E-state index is 0.0182. The van der Waals surface area contributed by atoms with Crippen LogP contribution in [0.2, 0.25) is 0 Å². The SMILES string of the molecule is CC(=O)[C@@H](C)CCCCNC(=O)CBr. The van der Waals surface area contributed by atoms with Gasteiger partial charge in [0.25, 0.3) is 0 Å². The first kappa shape index (κ1) is 13.6. The summed E-state index contributed by atoms with van der Waals surface area (Å²) in [5, 5.41) is 3.12. The Morgan fingerprint density at radius 1 is 1.36 bits per heavy atom. The number of nitrogens with one attached hydrogen (secondary N) is 1. The lowest BCUT2D eigenvalue weighted by Gasteiger charge is -2.07. The number of alkyl halides is 1. The van der Waals surface area contributed by atoms with Crippen LogP contribution in [0.5, 0.6) is 0 Å². The Balaban J connectivity index is 3.30. The number of carbonyl (C=O) groups is 2. The lowest BCUT2D eigenvalue weighted by atomic mass is 10.0. The Kier molecular flexibility index (Phi) is 7.76. The van der Waals surface area contributed by atoms with Crippen LogP contribution >= 0.6 is 15.9 Å². The molecule has 0 fully saturated rings. The average Bonchev–Trinajstić information content (AvgIpc) is 2.16. The quantitative estimate of drug-likeness (QED) is 0.564. The van der Waals surface area contributed by atoms with E-state index in [1.54, 1.807) is 6.92 Å². The molecule has 0 aliphatic rings. The number of ketones is 1. The molecular formula is C10H18BrNO2. The minimum atomic E-state index is 0.0182. The van der Waals surface area contributed by atoms with Crippen LogP contribution in [0.25, 0.3) is 0 Å². The van der Waals surface area contributed by atoms with Gasteiger partial charge < -0.3 is 5.32 Å². The highest BCUT2D eigenvalue weighted by atomic mass is 79.9. The van der Waals surface area contributed by atoms with Crippen molar-refractivity contribution < 1.29 is 9.59 Å². The van der Waals surface area contributed by atoms with E-state index in [0.717, 1.165) is 19.3 Å². The molecule has 1 N–H and O–H groups in total. The molecule has 0 aliphatic carbocycles. The molecule has 0 saturated heterocycles. The van der Waals surface area contributed by atoms with Gasteiger partial charge in [0.2, 0.25) is 5.91 Å². The van der Waals surface area contributed by atoms with Gasteiger partial charge in [-0.3, -0.25) is 9.59 Å². The molecule has 0 saturated carbocycles. The van der Waals surface area contributed by atoms with Crippen LogP contribution in [0.3, 0.4) is 0 Å². The number of carbonyl (C=O) groups excluding carboxylic acids is 2. The predicted molar refractivity (Wildman–Crippen MR) is 60.5 cm³/mol. The molecule has 0 aliphatic heterocycles. The zero-order chi connectivity index (χ0) is 11.0. The fourth-order valence-electron chi connectivity index (χ4n) is 1.05. The van der Waals surface area contributed by atoms with E-state index in [-0.39, 0.29) is 17.6 Å². The van der Waals surface area contributed by atoms with Crippen LogP contribution in [0.4, 0.5) is 0 Å². The molecular weight excluding hydrogens is 246 g/mol. The molecule has 3 nitrogen and oxygen atoms in total. The van der Waals surface area contributed by atoms with Gasteiger partial charge in [-0.05, 0) is 19.8 Å². The first-order valence-corrected chi connectivity index (χ1v) is 6.03. The lowest BCUT2D eigenvalue weighted by Crippen LogP contribution is -2.25. The summed E-state index contributed by atoms with van der Waals surface area (Å²) >= 11 is 3.07. The fraction of sp³-hybridized carbons (Fsp3) is 0.800. The maximum Gasteiger partial charge on any atom is 0.230 e. The van der Waals surface area contributed by atoms with Crippen molar-refractivity contribution in [1.82, 2.24) is 5.32 Å². The number of hydrogen-bond acceptors (Lipinski definition) is 2. The van der Waals surface area contributed by atoms with E-state index in [0.29, 0.717) is 11.9 Å². The first-order chi connectivity index (χ1) is 6.57. The van der Waals surface area contributed by atoms with Crippen LogP contribution in [-0.4, -0.2) is 23.6 Å². The summed E-state index contributed by atoms with van der Waals surface area (Å²) in [6, 6.07) is 0. The Morgan fingerprint density at radius 3 is 2.50 bits per heavy atom. The summed E-state index contributed by atoms with van der Waals surface area (Å²) in [4.78, 5) is 21.7. The van der Waals surface area contributed by atoms with Gasteiger partial charge >= 0.3 is 0 Å². The summed E-state index contributed by atoms with van der Waals surface area (Å²) < 4.78 is 0. The second-order valence-corrected chi connectivity index (χ2v) is 4.05. The van der Waals surface area contributed by atoms with Gasteiger partial charge in [-0.2, -0.15) is 0 Å². The second kappa shape index (κ2) is 7.97. The highest BCUT2D eigenvalue weighted by molar-refractivity contribution is 9.09. The Hall–Kier alpha value is -0.380. The molecule has 0 unspecified atom stereocenters. The van der Waals surface area contributed by atoms with E-state index in [1.165, 1.54) is 0 Å². The van der Waals surface area contributed by atoms with Crippen molar-refractivity contribution in [2.24, 2.45) is 5.92 Å². The largest absolute Gasteiger partial charge is 0.355 e. The van der Waals surface area contributed by atoms with E-state index in [2.05, 4.69) is 21.2 Å². The maximum atomic E-state index is 10.9. The molecule has 0 bridgehead atoms. The monoisotopic (exact) mass is 263 g/mol. The molecule has 0 aromatic carbocycles. The van der Waals surface area contributed by atoms with Gasteiger partial charge in [-0.15, -0.1) is 0 Å². The minimum Gasteiger partial charge on any atom is -0.355 e. The zero-order valence-electron chi connectivity index (χ0n) is 8.81. The van der Waals surface area contributed by atoms with Gasteiger partial charge in [0.1, 0.15) is 5.78 Å². The third-order valence-electron chi connectivity index (χ3n) is 2.20. The van der Waals surface area contributed by atoms with Crippen LogP contribution in [0, 0.1) is 5.92 Å². The van der Waals surface area contributed by atoms with Crippen molar-refractivity contribution in [3.8, 4) is 0 Å². The highest BCUT2D eigenvalue weighted by Crippen LogP contribution is 2.07. The fourth-order valence-corrected chi connectivity index (χ4v) is 1.25. The van der Waals surface area contributed by atoms with Crippen molar-refractivity contribution in [3.05, 3.63) is 0 Å². The number of hydrogen-bond donors (Lipinski definition) is 1. The topological polar surface area (TPSA) is 46.2 Å². The van der Waals surface area contributed by atoms with Gasteiger partial charge in [0.15, 0.2) is 0 Å². The normalized spacial score (nSPS) is 12.2. The molecule has 0 aromatic heterocycles. The van der Waals surface area contributed by atoms with Crippen LogP contribution in [0.15, 0.2) is 0 Å². The summed E-state index contributed by atoms with van der Waals surface area (Å²) in [6.45, 7) is 4.27. The number of rotatable bonds is 7. The van der Waals surface area contributed by atoms with Crippen LogP contribution in [-0.2, 0) is 9.59 Å². The lowest BCUT2D eigenvalue weighted by molar-refractivity contribution is -0.120. The van der Waals surface area contributed by atoms with E-state index in [1.807, 2.05) is 6.92 Å². The average molecular weight is 264 g/mol. The third-order valence-corrected chi connectivity index (χ3v) is 2.71. The number of halogens is 1. The zero-order valence-corrected chi connectivity index (χ0v) is 10.4. The summed E-state index contributed by atoms with van der Waals surface area (Å²) in [5.41, 5.74) is 0. The van der Waals surface area contributed by atoms with Gasteiger partial charge in [0, 0.05) is 12.5 Å². The maximum absolute atomic E-state index is 10.9. The summed E-state index contributed by atoms with van der Waals surface area (Å²) in [7, 11) is 0. The molecule has 14 heavy (non-hydrogen) atoms. The first-order valence-electron chi connectivity index (χ1n) is 4.91. The molecule has 0 spiro atoms. The second-order valence-electron chi connectivity index (χ2n) is 3.49. The van der Waals surface area contributed by atoms with Crippen molar-refractivity contribution >= 4 is 27.6 Å². The highest BCUT2D eigenvalue weighted by Gasteiger charge is 2.06. The van der Waals surface area contributed by atoms with E-state index < -0.39 is 0 Å². The molecule has 0 aromatic rings. The van der Waals surface area contributed by atoms with Crippen molar-refractivity contribution in [1.29, 1.82) is 0 Å². The molecule has 1 atom stereocenters. The van der Waals surface area contributed by atoms with Crippen molar-refractivity contribution in [2.75, 3.05) is 11.9 Å². The third kappa shape index (κ3) is 7.06. The molecule has 0 rings (SSSR count). The van der Waals surface area contributed by atoms with Crippen LogP contribution < -0.4 is 5.32 Å². The Bertz CT molecular complexity index is 195. The smallest absolute Gasteiger partial charge is 0.230 e. The predicted octanol–water partition coefficient (Wildman–Crippen LogP) is 1.89. The molecule has 0 heterocycles. The van der Waals surface area contributed by atoms with E-state index in [4.69, 9.17) is 0 Å². The van der Waals surface area contributed by atoms with Crippen molar-refractivity contribution in [2.45, 2.75) is 33.1 Å². The van der Waals surface area contributed by atoms with Gasteiger partial charge in [-0.25, -0.2) is 0 Å².